The highest BCUT2D eigenvalue weighted by molar-refractivity contribution is 7.27. The Hall–Kier alpha value is -2.37. The molecule has 1 unspecified atom stereocenters. The third kappa shape index (κ3) is 2.24. The predicted molar refractivity (Wildman–Crippen MR) is 98.1 cm³/mol. The van der Waals surface area contributed by atoms with Crippen molar-refractivity contribution >= 4 is 25.4 Å². The molecule has 3 aromatic carbocycles. The molecule has 2 heteroatoms. The zero-order valence-electron chi connectivity index (χ0n) is 12.1. The summed E-state index contributed by atoms with van der Waals surface area (Å²) in [5, 5.41) is 2.46. The van der Waals surface area contributed by atoms with Crippen molar-refractivity contribution in [3.63, 3.8) is 0 Å². The van der Waals surface area contributed by atoms with Crippen LogP contribution in [0.3, 0.4) is 0 Å². The van der Waals surface area contributed by atoms with Crippen LogP contribution in [-0.4, -0.2) is 4.57 Å². The van der Waals surface area contributed by atoms with Gasteiger partial charge in [-0.3, -0.25) is 0 Å². The minimum Gasteiger partial charge on any atom is -0.309 e. The summed E-state index contributed by atoms with van der Waals surface area (Å²) in [6.07, 6.45) is 0. The molecule has 0 saturated carbocycles. The van der Waals surface area contributed by atoms with Crippen LogP contribution in [0.1, 0.15) is 0 Å². The van der Waals surface area contributed by atoms with Crippen LogP contribution < -0.4 is 5.30 Å². The lowest BCUT2D eigenvalue weighted by Gasteiger charge is -2.11. The molecule has 106 valence electrons. The summed E-state index contributed by atoms with van der Waals surface area (Å²) in [4.78, 5) is 0. The van der Waals surface area contributed by atoms with E-state index in [1.54, 1.807) is 0 Å². The van der Waals surface area contributed by atoms with Gasteiger partial charge in [-0.1, -0.05) is 60.7 Å². The number of hydrogen-bond acceptors (Lipinski definition) is 0. The lowest BCUT2D eigenvalue weighted by atomic mass is 10.1. The van der Waals surface area contributed by atoms with Crippen molar-refractivity contribution in [1.82, 2.24) is 4.57 Å². The van der Waals surface area contributed by atoms with E-state index in [2.05, 4.69) is 98.7 Å². The Kier molecular flexibility index (Phi) is 3.29. The van der Waals surface area contributed by atoms with Gasteiger partial charge in [-0.25, -0.2) is 0 Å². The molecule has 0 aliphatic carbocycles. The Labute approximate surface area is 132 Å². The van der Waals surface area contributed by atoms with Gasteiger partial charge in [0.2, 0.25) is 0 Å². The first kappa shape index (κ1) is 13.3. The van der Waals surface area contributed by atoms with Crippen LogP contribution in [0.4, 0.5) is 0 Å². The van der Waals surface area contributed by atoms with Crippen LogP contribution in [0.2, 0.25) is 0 Å². The molecule has 4 aromatic rings. The summed E-state index contributed by atoms with van der Waals surface area (Å²) >= 11 is 0. The Morgan fingerprint density at radius 3 is 2.14 bits per heavy atom. The Morgan fingerprint density at radius 2 is 1.36 bits per heavy atom. The molecule has 0 N–H and O–H groups in total. The van der Waals surface area contributed by atoms with Crippen LogP contribution in [0, 0.1) is 0 Å². The van der Waals surface area contributed by atoms with Crippen molar-refractivity contribution in [3.8, 4) is 16.9 Å². The van der Waals surface area contributed by atoms with Crippen LogP contribution in [0.5, 0.6) is 0 Å². The number of rotatable bonds is 2. The lowest BCUT2D eigenvalue weighted by Crippen LogP contribution is -1.98. The standard InChI is InChI=1S/C20H16NP/c22-18-12-10-17(11-13-18)21-19-9-5-4-8-16(19)14-20(21)15-6-2-1-3-7-15/h1-14H,22H2. The number of benzene rings is 3. The number of nitrogens with zero attached hydrogens (tertiary/aromatic N) is 1. The van der Waals surface area contributed by atoms with Gasteiger partial charge < -0.3 is 4.57 Å². The Bertz CT molecular complexity index is 921. The van der Waals surface area contributed by atoms with Crippen molar-refractivity contribution in [3.05, 3.63) is 84.9 Å². The van der Waals surface area contributed by atoms with E-state index < -0.39 is 0 Å². The second-order valence-electron chi connectivity index (χ2n) is 5.38. The van der Waals surface area contributed by atoms with Gasteiger partial charge in [-0.05, 0) is 35.1 Å². The normalized spacial score (nSPS) is 11.0. The highest BCUT2D eigenvalue weighted by Gasteiger charge is 2.11. The first-order valence-electron chi connectivity index (χ1n) is 7.35. The molecule has 0 aliphatic heterocycles. The number of para-hydroxylation sites is 1. The fraction of sp³-hybridized carbons (Fsp3) is 0. The summed E-state index contributed by atoms with van der Waals surface area (Å²) < 4.78 is 2.33. The molecule has 0 saturated heterocycles. The van der Waals surface area contributed by atoms with Gasteiger partial charge in [-0.2, -0.15) is 0 Å². The van der Waals surface area contributed by atoms with E-state index >= 15 is 0 Å². The second-order valence-corrected chi connectivity index (χ2v) is 6.05. The SMILES string of the molecule is Pc1ccc(-n2c(-c3ccccc3)cc3ccccc32)cc1. The van der Waals surface area contributed by atoms with Crippen molar-refractivity contribution in [2.75, 3.05) is 0 Å². The molecule has 0 spiro atoms. The molecule has 1 atom stereocenters. The molecule has 0 aliphatic rings. The van der Waals surface area contributed by atoms with E-state index in [0.29, 0.717) is 0 Å². The van der Waals surface area contributed by atoms with Gasteiger partial charge in [0.1, 0.15) is 0 Å². The van der Waals surface area contributed by atoms with Crippen molar-refractivity contribution in [2.24, 2.45) is 0 Å². The molecule has 22 heavy (non-hydrogen) atoms. The van der Waals surface area contributed by atoms with Crippen LogP contribution in [0.25, 0.3) is 27.8 Å². The predicted octanol–water partition coefficient (Wildman–Crippen LogP) is 4.80. The van der Waals surface area contributed by atoms with Gasteiger partial charge >= 0.3 is 0 Å². The van der Waals surface area contributed by atoms with E-state index in [9.17, 15) is 0 Å². The van der Waals surface area contributed by atoms with E-state index in [4.69, 9.17) is 0 Å². The van der Waals surface area contributed by atoms with Gasteiger partial charge in [0.25, 0.3) is 0 Å². The highest BCUT2D eigenvalue weighted by Crippen LogP contribution is 2.31. The average molecular weight is 301 g/mol. The maximum absolute atomic E-state index is 2.74. The fourth-order valence-electron chi connectivity index (χ4n) is 2.88. The van der Waals surface area contributed by atoms with Gasteiger partial charge in [0.15, 0.2) is 0 Å². The summed E-state index contributed by atoms with van der Waals surface area (Å²) in [7, 11) is 2.74. The highest BCUT2D eigenvalue weighted by atomic mass is 31.0. The minimum absolute atomic E-state index is 1.19. The maximum Gasteiger partial charge on any atom is 0.0540 e. The lowest BCUT2D eigenvalue weighted by molar-refractivity contribution is 1.14. The minimum atomic E-state index is 1.19. The third-order valence-electron chi connectivity index (χ3n) is 3.93. The van der Waals surface area contributed by atoms with Crippen molar-refractivity contribution in [1.29, 1.82) is 0 Å². The first-order valence-corrected chi connectivity index (χ1v) is 7.92. The van der Waals surface area contributed by atoms with Crippen molar-refractivity contribution in [2.45, 2.75) is 0 Å². The number of aromatic nitrogens is 1. The Balaban J connectivity index is 2.04. The molecule has 0 amide bonds. The summed E-state index contributed by atoms with van der Waals surface area (Å²) in [5.74, 6) is 0. The molecule has 1 aromatic heterocycles. The maximum atomic E-state index is 2.74. The van der Waals surface area contributed by atoms with Crippen LogP contribution in [-0.2, 0) is 0 Å². The third-order valence-corrected chi connectivity index (χ3v) is 4.32. The van der Waals surface area contributed by atoms with Crippen LogP contribution in [0.15, 0.2) is 84.9 Å². The Morgan fingerprint density at radius 1 is 0.682 bits per heavy atom. The smallest absolute Gasteiger partial charge is 0.0540 e. The fourth-order valence-corrected chi connectivity index (χ4v) is 3.07. The van der Waals surface area contributed by atoms with Crippen LogP contribution >= 0.6 is 9.24 Å². The monoisotopic (exact) mass is 301 g/mol. The zero-order chi connectivity index (χ0) is 14.9. The number of fused-ring (bicyclic) bond motifs is 1. The van der Waals surface area contributed by atoms with Gasteiger partial charge in [0.05, 0.1) is 11.2 Å². The molecule has 0 bridgehead atoms. The molecule has 1 heterocycles. The zero-order valence-corrected chi connectivity index (χ0v) is 13.3. The topological polar surface area (TPSA) is 4.93 Å². The molecule has 0 radical (unpaired) electrons. The average Bonchev–Trinajstić information content (AvgIpc) is 2.96. The summed E-state index contributed by atoms with van der Waals surface area (Å²) in [6, 6.07) is 29.9. The molecule has 0 fully saturated rings. The second kappa shape index (κ2) is 5.44. The van der Waals surface area contributed by atoms with Gasteiger partial charge in [0, 0.05) is 11.1 Å². The molecular formula is C20H16NP. The van der Waals surface area contributed by atoms with E-state index in [1.165, 1.54) is 33.2 Å². The first-order chi connectivity index (χ1) is 10.8. The van der Waals surface area contributed by atoms with Gasteiger partial charge in [-0.15, -0.1) is 9.24 Å². The van der Waals surface area contributed by atoms with E-state index in [1.807, 2.05) is 0 Å². The van der Waals surface area contributed by atoms with E-state index in [0.717, 1.165) is 0 Å². The summed E-state index contributed by atoms with van der Waals surface area (Å²) in [5.41, 5.74) is 4.87. The summed E-state index contributed by atoms with van der Waals surface area (Å²) in [6.45, 7) is 0. The van der Waals surface area contributed by atoms with E-state index in [-0.39, 0.29) is 0 Å². The molecular weight excluding hydrogens is 285 g/mol. The number of hydrogen-bond donors (Lipinski definition) is 0. The molecule has 1 nitrogen and oxygen atoms in total. The quantitative estimate of drug-likeness (QED) is 0.469. The largest absolute Gasteiger partial charge is 0.309 e. The van der Waals surface area contributed by atoms with Crippen molar-refractivity contribution < 1.29 is 0 Å². The molecule has 4 rings (SSSR count).